The summed E-state index contributed by atoms with van der Waals surface area (Å²) in [5.74, 6) is 0.201. The van der Waals surface area contributed by atoms with Crippen LogP contribution in [0.5, 0.6) is 5.75 Å². The van der Waals surface area contributed by atoms with E-state index in [-0.39, 0.29) is 5.91 Å². The van der Waals surface area contributed by atoms with Gasteiger partial charge in [0.05, 0.1) is 5.02 Å². The summed E-state index contributed by atoms with van der Waals surface area (Å²) < 4.78 is 1.57. The Morgan fingerprint density at radius 2 is 1.96 bits per heavy atom. The van der Waals surface area contributed by atoms with Crippen LogP contribution in [-0.2, 0) is 13.5 Å². The molecule has 2 heterocycles. The van der Waals surface area contributed by atoms with Crippen LogP contribution < -0.4 is 0 Å². The third-order valence-electron chi connectivity index (χ3n) is 4.52. The van der Waals surface area contributed by atoms with Crippen LogP contribution in [0.15, 0.2) is 30.5 Å². The lowest BCUT2D eigenvalue weighted by molar-refractivity contribution is 0.0755. The van der Waals surface area contributed by atoms with E-state index < -0.39 is 0 Å². The molecule has 1 amide bonds. The fraction of sp³-hybridized carbons (Fsp3) is 0.444. The Bertz CT molecular complexity index is 729. The average Bonchev–Trinajstić information content (AvgIpc) is 2.80. The van der Waals surface area contributed by atoms with Crippen LogP contribution >= 0.6 is 11.6 Å². The van der Waals surface area contributed by atoms with E-state index in [0.29, 0.717) is 23.0 Å². The molecule has 7 heteroatoms. The smallest absolute Gasteiger partial charge is 0.275 e. The zero-order valence-electron chi connectivity index (χ0n) is 14.4. The highest BCUT2D eigenvalue weighted by Crippen LogP contribution is 2.17. The predicted octanol–water partition coefficient (Wildman–Crippen LogP) is 2.17. The van der Waals surface area contributed by atoms with E-state index in [0.717, 1.165) is 39.0 Å². The fourth-order valence-electron chi connectivity index (χ4n) is 3.10. The number of carbonyl (C=O) groups is 1. The summed E-state index contributed by atoms with van der Waals surface area (Å²) in [5.41, 5.74) is 1.54. The third-order valence-corrected chi connectivity index (χ3v) is 4.79. The molecule has 0 bridgehead atoms. The largest absolute Gasteiger partial charge is 0.508 e. The standard InChI is InChI=1S/C18H23ClN4O2/c1-21-13-16(19)17(20-21)18(25)23-9-2-8-22(11-12-23)10-7-14-3-5-15(24)6-4-14/h3-6,13,24H,2,7-12H2,1H3. The van der Waals surface area contributed by atoms with E-state index in [9.17, 15) is 9.90 Å². The zero-order valence-corrected chi connectivity index (χ0v) is 15.1. The Labute approximate surface area is 152 Å². The molecule has 1 saturated heterocycles. The number of aromatic hydroxyl groups is 1. The molecule has 0 spiro atoms. The molecular formula is C18H23ClN4O2. The van der Waals surface area contributed by atoms with Crippen molar-refractivity contribution in [2.45, 2.75) is 12.8 Å². The molecule has 0 unspecified atom stereocenters. The molecule has 2 aromatic rings. The number of amides is 1. The first-order valence-electron chi connectivity index (χ1n) is 8.51. The van der Waals surface area contributed by atoms with Crippen molar-refractivity contribution in [2.24, 2.45) is 7.05 Å². The molecule has 0 atom stereocenters. The van der Waals surface area contributed by atoms with E-state index in [4.69, 9.17) is 11.6 Å². The molecule has 0 aliphatic carbocycles. The summed E-state index contributed by atoms with van der Waals surface area (Å²) in [6.07, 6.45) is 3.52. The number of halogens is 1. The number of benzene rings is 1. The van der Waals surface area contributed by atoms with Gasteiger partial charge >= 0.3 is 0 Å². The Hall–Kier alpha value is -2.05. The van der Waals surface area contributed by atoms with Gasteiger partial charge in [0.2, 0.25) is 0 Å². The van der Waals surface area contributed by atoms with Crippen LogP contribution in [0.4, 0.5) is 0 Å². The van der Waals surface area contributed by atoms with Gasteiger partial charge in [0.1, 0.15) is 5.75 Å². The summed E-state index contributed by atoms with van der Waals surface area (Å²) in [6, 6.07) is 7.33. The lowest BCUT2D eigenvalue weighted by Gasteiger charge is -2.21. The number of hydrogen-bond donors (Lipinski definition) is 1. The van der Waals surface area contributed by atoms with Crippen molar-refractivity contribution in [1.82, 2.24) is 19.6 Å². The first kappa shape index (κ1) is 17.8. The van der Waals surface area contributed by atoms with E-state index in [1.54, 1.807) is 30.1 Å². The Kier molecular flexibility index (Phi) is 5.60. The molecule has 1 aromatic heterocycles. The highest BCUT2D eigenvalue weighted by Gasteiger charge is 2.24. The topological polar surface area (TPSA) is 61.6 Å². The van der Waals surface area contributed by atoms with Crippen molar-refractivity contribution in [2.75, 3.05) is 32.7 Å². The number of rotatable bonds is 4. The minimum absolute atomic E-state index is 0.0917. The number of carbonyl (C=O) groups excluding carboxylic acids is 1. The van der Waals surface area contributed by atoms with Crippen LogP contribution in [0.3, 0.4) is 0 Å². The highest BCUT2D eigenvalue weighted by atomic mass is 35.5. The van der Waals surface area contributed by atoms with E-state index in [1.165, 1.54) is 5.56 Å². The van der Waals surface area contributed by atoms with Gasteiger partial charge in [0.25, 0.3) is 5.91 Å². The monoisotopic (exact) mass is 362 g/mol. The van der Waals surface area contributed by atoms with Gasteiger partial charge in [-0.25, -0.2) is 0 Å². The SMILES string of the molecule is Cn1cc(Cl)c(C(=O)N2CCCN(CCc3ccc(O)cc3)CC2)n1. The first-order valence-corrected chi connectivity index (χ1v) is 8.89. The van der Waals surface area contributed by atoms with Crippen LogP contribution in [0.1, 0.15) is 22.5 Å². The molecule has 1 aliphatic heterocycles. The summed E-state index contributed by atoms with van der Waals surface area (Å²) in [4.78, 5) is 16.8. The second-order valence-corrected chi connectivity index (χ2v) is 6.81. The van der Waals surface area contributed by atoms with Gasteiger partial charge in [-0.05, 0) is 37.1 Å². The van der Waals surface area contributed by atoms with Crippen LogP contribution in [0, 0.1) is 0 Å². The molecule has 134 valence electrons. The fourth-order valence-corrected chi connectivity index (χ4v) is 3.36. The number of aryl methyl sites for hydroxylation is 1. The number of phenols is 1. The second-order valence-electron chi connectivity index (χ2n) is 6.40. The van der Waals surface area contributed by atoms with Crippen LogP contribution in [-0.4, -0.2) is 63.3 Å². The van der Waals surface area contributed by atoms with Crippen molar-refractivity contribution in [1.29, 1.82) is 0 Å². The number of phenolic OH excluding ortho intramolecular Hbond substituents is 1. The minimum atomic E-state index is -0.0917. The van der Waals surface area contributed by atoms with Gasteiger partial charge in [0, 0.05) is 39.4 Å². The van der Waals surface area contributed by atoms with Gasteiger partial charge < -0.3 is 14.9 Å². The number of nitrogens with zero attached hydrogens (tertiary/aromatic N) is 4. The van der Waals surface area contributed by atoms with Crippen molar-refractivity contribution in [3.63, 3.8) is 0 Å². The first-order chi connectivity index (χ1) is 12.0. The third kappa shape index (κ3) is 4.52. The molecule has 0 saturated carbocycles. The van der Waals surface area contributed by atoms with Crippen molar-refractivity contribution >= 4 is 17.5 Å². The lowest BCUT2D eigenvalue weighted by Crippen LogP contribution is -2.36. The normalized spacial score (nSPS) is 16.0. The summed E-state index contributed by atoms with van der Waals surface area (Å²) in [6.45, 7) is 4.16. The lowest BCUT2D eigenvalue weighted by atomic mass is 10.1. The molecule has 25 heavy (non-hydrogen) atoms. The van der Waals surface area contributed by atoms with E-state index in [1.807, 2.05) is 17.0 Å². The number of hydrogen-bond acceptors (Lipinski definition) is 4. The van der Waals surface area contributed by atoms with Gasteiger partial charge in [0.15, 0.2) is 5.69 Å². The molecule has 6 nitrogen and oxygen atoms in total. The number of aromatic nitrogens is 2. The van der Waals surface area contributed by atoms with Crippen LogP contribution in [0.2, 0.25) is 5.02 Å². The van der Waals surface area contributed by atoms with Gasteiger partial charge in [-0.3, -0.25) is 9.48 Å². The average molecular weight is 363 g/mol. The minimum Gasteiger partial charge on any atom is -0.508 e. The van der Waals surface area contributed by atoms with Crippen molar-refractivity contribution in [3.05, 3.63) is 46.7 Å². The maximum absolute atomic E-state index is 12.6. The molecular weight excluding hydrogens is 340 g/mol. The van der Waals surface area contributed by atoms with Gasteiger partial charge in [-0.2, -0.15) is 5.10 Å². The zero-order chi connectivity index (χ0) is 17.8. The maximum atomic E-state index is 12.6. The van der Waals surface area contributed by atoms with Crippen LogP contribution in [0.25, 0.3) is 0 Å². The molecule has 1 aromatic carbocycles. The summed E-state index contributed by atoms with van der Waals surface area (Å²) in [5, 5.41) is 13.9. The second kappa shape index (κ2) is 7.89. The maximum Gasteiger partial charge on any atom is 0.275 e. The van der Waals surface area contributed by atoms with E-state index >= 15 is 0 Å². The molecule has 1 N–H and O–H groups in total. The Morgan fingerprint density at radius 1 is 1.20 bits per heavy atom. The molecule has 0 radical (unpaired) electrons. The Balaban J connectivity index is 1.54. The molecule has 3 rings (SSSR count). The van der Waals surface area contributed by atoms with Gasteiger partial charge in [-0.1, -0.05) is 23.7 Å². The van der Waals surface area contributed by atoms with E-state index in [2.05, 4.69) is 10.00 Å². The van der Waals surface area contributed by atoms with Crippen molar-refractivity contribution < 1.29 is 9.90 Å². The molecule has 1 fully saturated rings. The van der Waals surface area contributed by atoms with Crippen molar-refractivity contribution in [3.8, 4) is 5.75 Å². The molecule has 1 aliphatic rings. The Morgan fingerprint density at radius 3 is 2.64 bits per heavy atom. The quantitative estimate of drug-likeness (QED) is 0.905. The summed E-state index contributed by atoms with van der Waals surface area (Å²) >= 11 is 6.10. The highest BCUT2D eigenvalue weighted by molar-refractivity contribution is 6.33. The summed E-state index contributed by atoms with van der Waals surface area (Å²) in [7, 11) is 1.76. The predicted molar refractivity (Wildman–Crippen MR) is 97.0 cm³/mol. The van der Waals surface area contributed by atoms with Gasteiger partial charge in [-0.15, -0.1) is 0 Å².